The lowest BCUT2D eigenvalue weighted by molar-refractivity contribution is -0.199. The highest BCUT2D eigenvalue weighted by atomic mass is 35.5. The molecule has 0 radical (unpaired) electrons. The Hall–Kier alpha value is -5.83. The van der Waals surface area contributed by atoms with E-state index in [-0.39, 0.29) is 64.5 Å². The summed E-state index contributed by atoms with van der Waals surface area (Å²) >= 11 is 6.29. The van der Waals surface area contributed by atoms with Crippen LogP contribution in [0.4, 0.5) is 10.1 Å². The lowest BCUT2D eigenvalue weighted by Crippen LogP contribution is -2.74. The van der Waals surface area contributed by atoms with Gasteiger partial charge in [-0.2, -0.15) is 5.26 Å². The number of imide groups is 2. The predicted molar refractivity (Wildman–Crippen MR) is 223 cm³/mol. The second-order valence-corrected chi connectivity index (χ2v) is 19.6. The minimum absolute atomic E-state index is 0.0149. The molecule has 3 atom stereocenters. The van der Waals surface area contributed by atoms with Crippen molar-refractivity contribution in [2.24, 2.45) is 28.6 Å². The van der Waals surface area contributed by atoms with Gasteiger partial charge < -0.3 is 14.5 Å². The van der Waals surface area contributed by atoms with Crippen LogP contribution < -0.4 is 15.0 Å². The molecule has 7 aliphatic rings. The number of ether oxygens (including phenoxy) is 1. The van der Waals surface area contributed by atoms with Crippen LogP contribution in [0.2, 0.25) is 5.02 Å². The maximum atomic E-state index is 15.6. The number of rotatable bonds is 6. The zero-order chi connectivity index (χ0) is 43.6. The number of halogens is 2. The second kappa shape index (κ2) is 14.4. The third-order valence-corrected chi connectivity index (χ3v) is 14.9. The van der Waals surface area contributed by atoms with Crippen molar-refractivity contribution in [1.29, 1.82) is 5.26 Å². The minimum Gasteiger partial charge on any atom is -0.489 e. The van der Waals surface area contributed by atoms with E-state index in [4.69, 9.17) is 21.3 Å². The number of anilines is 1. The molecule has 15 heteroatoms. The van der Waals surface area contributed by atoms with Gasteiger partial charge in [0, 0.05) is 67.5 Å². The molecule has 1 N–H and O–H groups in total. The van der Waals surface area contributed by atoms with Crippen LogP contribution in [0.25, 0.3) is 0 Å². The third kappa shape index (κ3) is 6.28. The smallest absolute Gasteiger partial charge is 0.262 e. The number of carbonyl (C=O) groups excluding carboxylic acids is 5. The minimum atomic E-state index is -1.10. The molecule has 2 aromatic carbocycles. The molecule has 318 valence electrons. The number of likely N-dealkylation sites (tertiary alicyclic amines) is 1. The molecule has 10 rings (SSSR count). The van der Waals surface area contributed by atoms with Crippen LogP contribution in [0.1, 0.15) is 101 Å². The van der Waals surface area contributed by atoms with Crippen molar-refractivity contribution in [3.8, 4) is 23.7 Å². The standard InChI is InChI=1S/C47H45ClFN7O6/c1-46(2)44(47(3,4)45(46)62-30-9-6-25(18-50)34(48)15-30)55-23-36-31(41(55)59)10-8-28(51-36)7-5-24-13-29(14-24)53-19-26-21-54(22-27(26)20-53)38-17-33-32(16-35(38)49)42(60)56(43(33)61)37-11-12-39(57)52-40(37)58/h6,8-10,15-17,24,26-27,29,37,44-45H,11-14,19-23H2,1-4H3,(H,52,57,58)/t24?,26?,27?,29?,37?,44-,45-. The van der Waals surface area contributed by atoms with E-state index in [9.17, 15) is 29.2 Å². The van der Waals surface area contributed by atoms with Gasteiger partial charge in [-0.3, -0.25) is 39.1 Å². The van der Waals surface area contributed by atoms with Gasteiger partial charge in [-0.25, -0.2) is 9.37 Å². The largest absolute Gasteiger partial charge is 0.489 e. The first-order chi connectivity index (χ1) is 29.5. The summed E-state index contributed by atoms with van der Waals surface area (Å²) in [5.41, 5.74) is 1.92. The van der Waals surface area contributed by atoms with Crippen molar-refractivity contribution < 1.29 is 33.1 Å². The van der Waals surface area contributed by atoms with Crippen molar-refractivity contribution in [3.05, 3.63) is 86.9 Å². The second-order valence-electron chi connectivity index (χ2n) is 19.2. The molecule has 0 spiro atoms. The number of nitrogens with one attached hydrogen (secondary N) is 1. The first-order valence-electron chi connectivity index (χ1n) is 21.3. The molecule has 13 nitrogen and oxygen atoms in total. The Balaban J connectivity index is 0.729. The molecular weight excluding hydrogens is 813 g/mol. The number of pyridine rings is 1. The molecule has 3 aromatic rings. The SMILES string of the molecule is CC1(C)[C@H](Oc2ccc(C#N)c(Cl)c2)C(C)(C)[C@H]1N1Cc2nc(C#CC3CC(N4CC5CN(c6cc7c(cc6F)C(=O)N(C6CCC(=O)NC6=O)C7=O)CC5C4)C3)ccc2C1=O. The summed E-state index contributed by atoms with van der Waals surface area (Å²) in [6, 6.07) is 12.6. The molecule has 5 aliphatic heterocycles. The van der Waals surface area contributed by atoms with Gasteiger partial charge in [0.15, 0.2) is 0 Å². The van der Waals surface area contributed by atoms with Crippen LogP contribution in [0, 0.1) is 57.6 Å². The number of amides is 5. The molecule has 5 amide bonds. The Labute approximate surface area is 363 Å². The van der Waals surface area contributed by atoms with Gasteiger partial charge in [0.2, 0.25) is 11.8 Å². The van der Waals surface area contributed by atoms with E-state index in [1.807, 2.05) is 21.9 Å². The fraction of sp³-hybridized carbons (Fsp3) is 0.468. The molecule has 0 bridgehead atoms. The fourth-order valence-corrected chi connectivity index (χ4v) is 12.1. The van der Waals surface area contributed by atoms with Gasteiger partial charge in [0.1, 0.15) is 35.5 Å². The topological polar surface area (TPSA) is 156 Å². The summed E-state index contributed by atoms with van der Waals surface area (Å²) in [7, 11) is 0. The average molecular weight is 858 g/mol. The summed E-state index contributed by atoms with van der Waals surface area (Å²) in [5, 5.41) is 11.8. The normalized spacial score (nSPS) is 29.3. The van der Waals surface area contributed by atoms with Crippen molar-refractivity contribution in [2.75, 3.05) is 31.1 Å². The average Bonchev–Trinajstić information content (AvgIpc) is 3.93. The first kappa shape index (κ1) is 40.3. The number of piperidine rings is 1. The van der Waals surface area contributed by atoms with Crippen LogP contribution in [0.5, 0.6) is 5.75 Å². The van der Waals surface area contributed by atoms with Gasteiger partial charge in [-0.1, -0.05) is 45.2 Å². The summed E-state index contributed by atoms with van der Waals surface area (Å²) in [5.74, 6) is 5.08. The van der Waals surface area contributed by atoms with Crippen LogP contribution in [-0.4, -0.2) is 99.6 Å². The number of nitriles is 1. The molecule has 3 unspecified atom stereocenters. The molecule has 5 fully saturated rings. The maximum absolute atomic E-state index is 15.6. The molecule has 1 aromatic heterocycles. The first-order valence-corrected chi connectivity index (χ1v) is 21.6. The zero-order valence-corrected chi connectivity index (χ0v) is 35.6. The van der Waals surface area contributed by atoms with Crippen LogP contribution in [-0.2, 0) is 16.1 Å². The van der Waals surface area contributed by atoms with Crippen molar-refractivity contribution in [2.45, 2.75) is 84.2 Å². The van der Waals surface area contributed by atoms with Crippen LogP contribution in [0.3, 0.4) is 0 Å². The number of nitrogens with zero attached hydrogens (tertiary/aromatic N) is 6. The number of hydrogen-bond acceptors (Lipinski definition) is 10. The van der Waals surface area contributed by atoms with E-state index >= 15 is 4.39 Å². The van der Waals surface area contributed by atoms with E-state index in [0.717, 1.165) is 42.6 Å². The van der Waals surface area contributed by atoms with Gasteiger partial charge in [0.05, 0.1) is 45.2 Å². The number of benzene rings is 2. The summed E-state index contributed by atoms with van der Waals surface area (Å²) in [6.45, 7) is 11.9. The highest BCUT2D eigenvalue weighted by Crippen LogP contribution is 2.59. The molecule has 62 heavy (non-hydrogen) atoms. The Morgan fingerprint density at radius 3 is 2.24 bits per heavy atom. The van der Waals surface area contributed by atoms with E-state index in [1.54, 1.807) is 18.2 Å². The molecule has 3 saturated heterocycles. The lowest BCUT2D eigenvalue weighted by Gasteiger charge is -2.65. The van der Waals surface area contributed by atoms with E-state index in [1.165, 1.54) is 6.07 Å². The van der Waals surface area contributed by atoms with Crippen LogP contribution in [0.15, 0.2) is 42.5 Å². The van der Waals surface area contributed by atoms with Crippen molar-refractivity contribution >= 4 is 46.8 Å². The van der Waals surface area contributed by atoms with Gasteiger partial charge in [-0.15, -0.1) is 0 Å². The Morgan fingerprint density at radius 2 is 1.58 bits per heavy atom. The molecule has 6 heterocycles. The fourth-order valence-electron chi connectivity index (χ4n) is 11.9. The number of hydrogen-bond donors (Lipinski definition) is 1. The maximum Gasteiger partial charge on any atom is 0.262 e. The Morgan fingerprint density at radius 1 is 0.887 bits per heavy atom. The number of carbonyl (C=O) groups is 5. The molecule has 2 aliphatic carbocycles. The Kier molecular flexibility index (Phi) is 9.32. The quantitative estimate of drug-likeness (QED) is 0.259. The van der Waals surface area contributed by atoms with E-state index < -0.39 is 35.5 Å². The van der Waals surface area contributed by atoms with E-state index in [0.29, 0.717) is 65.1 Å². The highest BCUT2D eigenvalue weighted by molar-refractivity contribution is 6.31. The summed E-state index contributed by atoms with van der Waals surface area (Å²) < 4.78 is 22.0. The molecular formula is C47H45ClFN7O6. The zero-order valence-electron chi connectivity index (χ0n) is 34.8. The summed E-state index contributed by atoms with van der Waals surface area (Å²) in [6.07, 6.45) is 1.76. The monoisotopic (exact) mass is 857 g/mol. The number of aromatic nitrogens is 1. The van der Waals surface area contributed by atoms with Gasteiger partial charge in [-0.05, 0) is 73.4 Å². The third-order valence-electron chi connectivity index (χ3n) is 14.6. The van der Waals surface area contributed by atoms with Gasteiger partial charge >= 0.3 is 0 Å². The summed E-state index contributed by atoms with van der Waals surface area (Å²) in [4.78, 5) is 76.6. The number of fused-ring (bicyclic) bond motifs is 3. The van der Waals surface area contributed by atoms with Crippen molar-refractivity contribution in [1.82, 2.24) is 25.0 Å². The van der Waals surface area contributed by atoms with Crippen molar-refractivity contribution in [3.63, 3.8) is 0 Å². The Bertz CT molecular complexity index is 2600. The van der Waals surface area contributed by atoms with Crippen LogP contribution >= 0.6 is 11.6 Å². The lowest BCUT2D eigenvalue weighted by atomic mass is 9.49. The highest BCUT2D eigenvalue weighted by Gasteiger charge is 2.67. The van der Waals surface area contributed by atoms with E-state index in [2.05, 4.69) is 55.8 Å². The van der Waals surface area contributed by atoms with Gasteiger partial charge in [0.25, 0.3) is 17.7 Å². The predicted octanol–water partition coefficient (Wildman–Crippen LogP) is 5.18. The molecule has 2 saturated carbocycles.